The van der Waals surface area contributed by atoms with Crippen LogP contribution in [-0.4, -0.2) is 55.2 Å². The molecule has 0 unspecified atom stereocenters. The number of aryl methyl sites for hydroxylation is 4. The Morgan fingerprint density at radius 3 is 2.57 bits per heavy atom. The molecule has 30 heavy (non-hydrogen) atoms. The molecule has 8 nitrogen and oxygen atoms in total. The van der Waals surface area contributed by atoms with E-state index in [0.717, 1.165) is 37.7 Å². The number of nitrogens with zero attached hydrogens (tertiary/aromatic N) is 7. The molecule has 4 heterocycles. The molecule has 162 valence electrons. The van der Waals surface area contributed by atoms with Crippen LogP contribution in [0.3, 0.4) is 0 Å². The van der Waals surface area contributed by atoms with Crippen LogP contribution in [0.1, 0.15) is 30.2 Å². The molecule has 3 aromatic heterocycles. The Bertz CT molecular complexity index is 1060. The van der Waals surface area contributed by atoms with Crippen molar-refractivity contribution in [2.45, 2.75) is 38.8 Å². The van der Waals surface area contributed by atoms with Gasteiger partial charge in [0.15, 0.2) is 23.8 Å². The highest BCUT2D eigenvalue weighted by Gasteiger charge is 2.29. The molecular weight excluding hydrogens is 423 g/mol. The Hall–Kier alpha value is -2.56. The van der Waals surface area contributed by atoms with Gasteiger partial charge in [0.25, 0.3) is 0 Å². The average Bonchev–Trinajstić information content (AvgIpc) is 3.40. The standard InChI is InChI=1S/C18H21ClF3N7O/c1-11-12(19)9-13(30-10-18(20,21)22)16-23-14(25-29(11)16)5-6-15-24-17(26-27(15)2)28-7-3-4-8-28/h9H,3-8,10H2,1-2H3. The molecule has 0 spiro atoms. The van der Waals surface area contributed by atoms with Gasteiger partial charge in [-0.2, -0.15) is 23.3 Å². The summed E-state index contributed by atoms with van der Waals surface area (Å²) in [4.78, 5) is 11.1. The molecule has 0 atom stereocenters. The summed E-state index contributed by atoms with van der Waals surface area (Å²) in [5.41, 5.74) is 0.770. The normalized spacial score (nSPS) is 14.8. The fourth-order valence-corrected chi connectivity index (χ4v) is 3.58. The van der Waals surface area contributed by atoms with E-state index >= 15 is 0 Å². The van der Waals surface area contributed by atoms with E-state index in [9.17, 15) is 13.2 Å². The van der Waals surface area contributed by atoms with Gasteiger partial charge >= 0.3 is 6.18 Å². The first kappa shape index (κ1) is 20.7. The van der Waals surface area contributed by atoms with Crippen LogP contribution in [-0.2, 0) is 19.9 Å². The van der Waals surface area contributed by atoms with Gasteiger partial charge in [0, 0.05) is 39.0 Å². The van der Waals surface area contributed by atoms with Crippen molar-refractivity contribution in [2.75, 3.05) is 24.6 Å². The summed E-state index contributed by atoms with van der Waals surface area (Å²) in [6.07, 6.45) is -1.20. The Balaban J connectivity index is 1.54. The number of rotatable bonds is 6. The first-order valence-corrected chi connectivity index (χ1v) is 9.98. The summed E-state index contributed by atoms with van der Waals surface area (Å²) in [6, 6.07) is 1.33. The van der Waals surface area contributed by atoms with Crippen molar-refractivity contribution < 1.29 is 17.9 Å². The molecule has 0 aromatic carbocycles. The van der Waals surface area contributed by atoms with Crippen LogP contribution in [0, 0.1) is 6.92 Å². The third-order valence-electron chi connectivity index (χ3n) is 4.99. The predicted octanol–water partition coefficient (Wildman–Crippen LogP) is 3.15. The number of halogens is 4. The maximum Gasteiger partial charge on any atom is 0.422 e. The van der Waals surface area contributed by atoms with E-state index in [1.165, 1.54) is 10.6 Å². The van der Waals surface area contributed by atoms with Gasteiger partial charge in [-0.05, 0) is 19.8 Å². The highest BCUT2D eigenvalue weighted by molar-refractivity contribution is 6.31. The Morgan fingerprint density at radius 1 is 1.13 bits per heavy atom. The SMILES string of the molecule is Cc1c(Cl)cc(OCC(F)(F)F)c2nc(CCc3nc(N4CCCC4)nn3C)nn12. The first-order valence-electron chi connectivity index (χ1n) is 9.60. The zero-order valence-electron chi connectivity index (χ0n) is 16.6. The topological polar surface area (TPSA) is 73.4 Å². The summed E-state index contributed by atoms with van der Waals surface area (Å²) < 4.78 is 45.8. The van der Waals surface area contributed by atoms with Crippen LogP contribution in [0.25, 0.3) is 5.65 Å². The van der Waals surface area contributed by atoms with Gasteiger partial charge in [-0.15, -0.1) is 5.10 Å². The van der Waals surface area contributed by atoms with Gasteiger partial charge in [-0.1, -0.05) is 11.6 Å². The number of alkyl halides is 3. The van der Waals surface area contributed by atoms with Crippen LogP contribution in [0.15, 0.2) is 6.07 Å². The molecule has 1 fully saturated rings. The Labute approximate surface area is 175 Å². The molecule has 1 saturated heterocycles. The zero-order chi connectivity index (χ0) is 21.5. The minimum absolute atomic E-state index is 0.0587. The van der Waals surface area contributed by atoms with E-state index in [4.69, 9.17) is 16.3 Å². The maximum absolute atomic E-state index is 12.6. The maximum atomic E-state index is 12.6. The lowest BCUT2D eigenvalue weighted by molar-refractivity contribution is -0.153. The van der Waals surface area contributed by atoms with Crippen molar-refractivity contribution in [2.24, 2.45) is 7.05 Å². The minimum atomic E-state index is -4.46. The molecule has 0 aliphatic carbocycles. The minimum Gasteiger partial charge on any atom is -0.480 e. The molecule has 0 N–H and O–H groups in total. The Kier molecular flexibility index (Phi) is 5.48. The molecule has 12 heteroatoms. The highest BCUT2D eigenvalue weighted by Crippen LogP contribution is 2.28. The molecule has 1 aliphatic rings. The summed E-state index contributed by atoms with van der Waals surface area (Å²) in [5, 5.41) is 9.13. The first-order chi connectivity index (χ1) is 14.2. The van der Waals surface area contributed by atoms with Crippen LogP contribution in [0.2, 0.25) is 5.02 Å². The molecule has 1 aliphatic heterocycles. The molecular formula is C18H21ClF3N7O. The van der Waals surface area contributed by atoms with E-state index < -0.39 is 12.8 Å². The second kappa shape index (κ2) is 7.93. The van der Waals surface area contributed by atoms with Crippen molar-refractivity contribution in [1.29, 1.82) is 0 Å². The van der Waals surface area contributed by atoms with Crippen molar-refractivity contribution in [3.63, 3.8) is 0 Å². The van der Waals surface area contributed by atoms with Crippen molar-refractivity contribution in [3.8, 4) is 5.75 Å². The number of hydrogen-bond acceptors (Lipinski definition) is 6. The van der Waals surface area contributed by atoms with Gasteiger partial charge < -0.3 is 9.64 Å². The van der Waals surface area contributed by atoms with E-state index in [1.54, 1.807) is 11.6 Å². The number of pyridine rings is 1. The molecule has 0 saturated carbocycles. The van der Waals surface area contributed by atoms with Crippen LogP contribution < -0.4 is 9.64 Å². The van der Waals surface area contributed by atoms with Crippen LogP contribution in [0.5, 0.6) is 5.75 Å². The molecule has 4 rings (SSSR count). The lowest BCUT2D eigenvalue weighted by Crippen LogP contribution is -2.19. The van der Waals surface area contributed by atoms with Gasteiger partial charge in [0.05, 0.1) is 10.7 Å². The van der Waals surface area contributed by atoms with Crippen LogP contribution >= 0.6 is 11.6 Å². The molecule has 3 aromatic rings. The summed E-state index contributed by atoms with van der Waals surface area (Å²) in [6.45, 7) is 2.20. The predicted molar refractivity (Wildman–Crippen MR) is 104 cm³/mol. The van der Waals surface area contributed by atoms with E-state index in [0.29, 0.717) is 24.4 Å². The second-order valence-electron chi connectivity index (χ2n) is 7.26. The van der Waals surface area contributed by atoms with Crippen LogP contribution in [0.4, 0.5) is 19.1 Å². The van der Waals surface area contributed by atoms with Gasteiger partial charge in [-0.25, -0.2) is 9.50 Å². The molecule has 0 bridgehead atoms. The van der Waals surface area contributed by atoms with E-state index in [1.807, 2.05) is 7.05 Å². The van der Waals surface area contributed by atoms with Gasteiger partial charge in [-0.3, -0.25) is 4.68 Å². The average molecular weight is 444 g/mol. The Morgan fingerprint density at radius 2 is 1.87 bits per heavy atom. The number of hydrogen-bond donors (Lipinski definition) is 0. The van der Waals surface area contributed by atoms with E-state index in [-0.39, 0.29) is 16.4 Å². The number of ether oxygens (including phenoxy) is 1. The van der Waals surface area contributed by atoms with Gasteiger partial charge in [0.2, 0.25) is 5.95 Å². The summed E-state index contributed by atoms with van der Waals surface area (Å²) in [7, 11) is 1.84. The quantitative estimate of drug-likeness (QED) is 0.582. The summed E-state index contributed by atoms with van der Waals surface area (Å²) in [5.74, 6) is 1.91. The third-order valence-corrected chi connectivity index (χ3v) is 5.37. The second-order valence-corrected chi connectivity index (χ2v) is 7.66. The lowest BCUT2D eigenvalue weighted by atomic mass is 10.3. The van der Waals surface area contributed by atoms with E-state index in [2.05, 4.69) is 25.1 Å². The number of anilines is 1. The summed E-state index contributed by atoms with van der Waals surface area (Å²) >= 11 is 6.13. The molecule has 0 radical (unpaired) electrons. The fraction of sp³-hybridized carbons (Fsp3) is 0.556. The number of fused-ring (bicyclic) bond motifs is 1. The lowest BCUT2D eigenvalue weighted by Gasteiger charge is -2.11. The molecule has 0 amide bonds. The highest BCUT2D eigenvalue weighted by atomic mass is 35.5. The fourth-order valence-electron chi connectivity index (χ4n) is 3.40. The van der Waals surface area contributed by atoms with Gasteiger partial charge in [0.1, 0.15) is 5.82 Å². The van der Waals surface area contributed by atoms with Crippen molar-refractivity contribution in [3.05, 3.63) is 28.4 Å². The largest absolute Gasteiger partial charge is 0.480 e. The monoisotopic (exact) mass is 443 g/mol. The third kappa shape index (κ3) is 4.30. The van der Waals surface area contributed by atoms with Crippen molar-refractivity contribution >= 4 is 23.2 Å². The smallest absolute Gasteiger partial charge is 0.422 e. The zero-order valence-corrected chi connectivity index (χ0v) is 17.3. The van der Waals surface area contributed by atoms with Crippen molar-refractivity contribution in [1.82, 2.24) is 29.4 Å². The number of aromatic nitrogens is 6.